The number of aryl methyl sites for hydroxylation is 3. The molecule has 2 aromatic heterocycles. The van der Waals surface area contributed by atoms with Crippen molar-refractivity contribution in [2.75, 3.05) is 10.7 Å². The Bertz CT molecular complexity index is 1170. The second kappa shape index (κ2) is 8.98. The Kier molecular flexibility index (Phi) is 6.16. The Morgan fingerprint density at radius 2 is 1.83 bits per heavy atom. The number of amides is 1. The monoisotopic (exact) mass is 433 g/mol. The van der Waals surface area contributed by atoms with Crippen LogP contribution in [0.25, 0.3) is 10.2 Å². The van der Waals surface area contributed by atoms with E-state index in [2.05, 4.69) is 62.2 Å². The van der Waals surface area contributed by atoms with Crippen LogP contribution in [0.5, 0.6) is 0 Å². The van der Waals surface area contributed by atoms with E-state index in [-0.39, 0.29) is 5.91 Å². The van der Waals surface area contributed by atoms with E-state index in [0.29, 0.717) is 12.3 Å². The minimum atomic E-state index is 0.0275. The van der Waals surface area contributed by atoms with Gasteiger partial charge < -0.3 is 0 Å². The van der Waals surface area contributed by atoms with E-state index < -0.39 is 0 Å². The zero-order chi connectivity index (χ0) is 21.1. The van der Waals surface area contributed by atoms with E-state index in [4.69, 9.17) is 4.98 Å². The third-order valence-corrected chi connectivity index (χ3v) is 6.80. The number of rotatable bonds is 6. The van der Waals surface area contributed by atoms with Crippen molar-refractivity contribution in [3.8, 4) is 0 Å². The van der Waals surface area contributed by atoms with Crippen molar-refractivity contribution in [2.24, 2.45) is 0 Å². The van der Waals surface area contributed by atoms with Crippen LogP contribution in [0.2, 0.25) is 0 Å². The summed E-state index contributed by atoms with van der Waals surface area (Å²) in [6.07, 6.45) is 1.75. The number of thiazole rings is 1. The van der Waals surface area contributed by atoms with Gasteiger partial charge >= 0.3 is 0 Å². The summed E-state index contributed by atoms with van der Waals surface area (Å²) in [6, 6.07) is 18.3. The Morgan fingerprint density at radius 3 is 2.57 bits per heavy atom. The van der Waals surface area contributed by atoms with Crippen molar-refractivity contribution >= 4 is 44.4 Å². The van der Waals surface area contributed by atoms with E-state index in [1.54, 1.807) is 34.2 Å². The Morgan fingerprint density at radius 1 is 1.03 bits per heavy atom. The first kappa shape index (κ1) is 20.6. The van der Waals surface area contributed by atoms with Crippen molar-refractivity contribution in [1.29, 1.82) is 0 Å². The number of thioether (sulfide) groups is 1. The van der Waals surface area contributed by atoms with E-state index in [1.165, 1.54) is 11.1 Å². The van der Waals surface area contributed by atoms with Crippen LogP contribution in [0.1, 0.15) is 22.4 Å². The zero-order valence-electron chi connectivity index (χ0n) is 17.3. The van der Waals surface area contributed by atoms with E-state index >= 15 is 0 Å². The molecule has 0 saturated carbocycles. The summed E-state index contributed by atoms with van der Waals surface area (Å²) in [5, 5.41) is 0.721. The standard InChI is InChI=1S/C24H23N3OS2/c1-16-7-9-20(10-8-16)29-15-22(28)27(14-19-6-4-5-11-25-19)24-26-23-18(3)12-17(2)13-21(23)30-24/h4-13H,14-15H2,1-3H3. The maximum atomic E-state index is 13.3. The van der Waals surface area contributed by atoms with Gasteiger partial charge in [0.05, 0.1) is 28.2 Å². The highest BCUT2D eigenvalue weighted by Crippen LogP contribution is 2.33. The molecular formula is C24H23N3OS2. The first-order valence-corrected chi connectivity index (χ1v) is 11.6. The lowest BCUT2D eigenvalue weighted by molar-refractivity contribution is -0.116. The molecule has 2 aromatic carbocycles. The van der Waals surface area contributed by atoms with Gasteiger partial charge in [0.15, 0.2) is 5.13 Å². The molecule has 0 spiro atoms. The third-order valence-electron chi connectivity index (χ3n) is 4.78. The van der Waals surface area contributed by atoms with Crippen LogP contribution in [0.3, 0.4) is 0 Å². The molecule has 0 aliphatic rings. The highest BCUT2D eigenvalue weighted by atomic mass is 32.2. The van der Waals surface area contributed by atoms with Crippen molar-refractivity contribution in [3.63, 3.8) is 0 Å². The van der Waals surface area contributed by atoms with Gasteiger partial charge in [-0.2, -0.15) is 0 Å². The highest BCUT2D eigenvalue weighted by molar-refractivity contribution is 8.00. The largest absolute Gasteiger partial charge is 0.281 e. The number of benzene rings is 2. The average molecular weight is 434 g/mol. The van der Waals surface area contributed by atoms with Crippen LogP contribution < -0.4 is 4.90 Å². The molecule has 2 heterocycles. The molecule has 0 bridgehead atoms. The highest BCUT2D eigenvalue weighted by Gasteiger charge is 2.21. The van der Waals surface area contributed by atoms with Gasteiger partial charge in [-0.1, -0.05) is 41.2 Å². The normalized spacial score (nSPS) is 11.0. The Hall–Kier alpha value is -2.70. The molecule has 0 radical (unpaired) electrons. The summed E-state index contributed by atoms with van der Waals surface area (Å²) in [6.45, 7) is 6.62. The molecule has 0 atom stereocenters. The summed E-state index contributed by atoms with van der Waals surface area (Å²) >= 11 is 3.11. The minimum absolute atomic E-state index is 0.0275. The first-order valence-electron chi connectivity index (χ1n) is 9.77. The third kappa shape index (κ3) is 4.71. The van der Waals surface area contributed by atoms with Crippen LogP contribution in [0.15, 0.2) is 65.7 Å². The average Bonchev–Trinajstić information content (AvgIpc) is 3.16. The number of nitrogens with zero attached hydrogens (tertiary/aromatic N) is 3. The van der Waals surface area contributed by atoms with E-state index in [1.807, 2.05) is 18.2 Å². The van der Waals surface area contributed by atoms with Gasteiger partial charge in [-0.3, -0.25) is 14.7 Å². The van der Waals surface area contributed by atoms with Gasteiger partial charge in [-0.25, -0.2) is 4.98 Å². The number of aromatic nitrogens is 2. The molecule has 1 amide bonds. The van der Waals surface area contributed by atoms with Gasteiger partial charge in [-0.05, 0) is 62.2 Å². The predicted octanol–water partition coefficient (Wildman–Crippen LogP) is 5.94. The van der Waals surface area contributed by atoms with Crippen molar-refractivity contribution in [1.82, 2.24) is 9.97 Å². The molecule has 0 aliphatic heterocycles. The summed E-state index contributed by atoms with van der Waals surface area (Å²) in [5.74, 6) is 0.378. The number of carbonyl (C=O) groups excluding carboxylic acids is 1. The maximum absolute atomic E-state index is 13.3. The molecule has 4 rings (SSSR count). The molecule has 0 saturated heterocycles. The van der Waals surface area contributed by atoms with Gasteiger partial charge in [0.2, 0.25) is 5.91 Å². The van der Waals surface area contributed by atoms with Gasteiger partial charge in [0.1, 0.15) is 0 Å². The maximum Gasteiger partial charge on any atom is 0.239 e. The minimum Gasteiger partial charge on any atom is -0.281 e. The molecule has 0 aliphatic carbocycles. The number of hydrogen-bond donors (Lipinski definition) is 0. The molecule has 4 nitrogen and oxygen atoms in total. The molecule has 0 fully saturated rings. The lowest BCUT2D eigenvalue weighted by Crippen LogP contribution is -2.32. The zero-order valence-corrected chi connectivity index (χ0v) is 18.9. The fourth-order valence-corrected chi connectivity index (χ4v) is 5.18. The second-order valence-electron chi connectivity index (χ2n) is 7.33. The van der Waals surface area contributed by atoms with Crippen LogP contribution in [0, 0.1) is 20.8 Å². The molecular weight excluding hydrogens is 410 g/mol. The van der Waals surface area contributed by atoms with Crippen molar-refractivity contribution in [3.05, 3.63) is 83.2 Å². The Balaban J connectivity index is 1.63. The number of anilines is 1. The number of carbonyl (C=O) groups is 1. The van der Waals surface area contributed by atoms with Crippen LogP contribution >= 0.6 is 23.1 Å². The molecule has 30 heavy (non-hydrogen) atoms. The smallest absolute Gasteiger partial charge is 0.239 e. The number of fused-ring (bicyclic) bond motifs is 1. The van der Waals surface area contributed by atoms with Crippen LogP contribution in [-0.2, 0) is 11.3 Å². The fourth-order valence-electron chi connectivity index (χ4n) is 3.25. The van der Waals surface area contributed by atoms with Crippen LogP contribution in [0.4, 0.5) is 5.13 Å². The van der Waals surface area contributed by atoms with Crippen molar-refractivity contribution < 1.29 is 4.79 Å². The van der Waals surface area contributed by atoms with Gasteiger partial charge in [-0.15, -0.1) is 11.8 Å². The van der Waals surface area contributed by atoms with Crippen LogP contribution in [-0.4, -0.2) is 21.6 Å². The van der Waals surface area contributed by atoms with Gasteiger partial charge in [0.25, 0.3) is 0 Å². The van der Waals surface area contributed by atoms with Gasteiger partial charge in [0, 0.05) is 11.1 Å². The van der Waals surface area contributed by atoms with E-state index in [9.17, 15) is 4.79 Å². The van der Waals surface area contributed by atoms with E-state index in [0.717, 1.165) is 31.5 Å². The lowest BCUT2D eigenvalue weighted by Gasteiger charge is -2.19. The molecule has 4 aromatic rings. The molecule has 0 unspecified atom stereocenters. The Labute approximate surface area is 185 Å². The topological polar surface area (TPSA) is 46.1 Å². The molecule has 152 valence electrons. The molecule has 0 N–H and O–H groups in total. The summed E-state index contributed by atoms with van der Waals surface area (Å²) < 4.78 is 1.10. The lowest BCUT2D eigenvalue weighted by atomic mass is 10.1. The SMILES string of the molecule is Cc1ccc(SCC(=O)N(Cc2ccccn2)c2nc3c(C)cc(C)cc3s2)cc1. The summed E-state index contributed by atoms with van der Waals surface area (Å²) in [4.78, 5) is 25.4. The number of hydrogen-bond acceptors (Lipinski definition) is 5. The quantitative estimate of drug-likeness (QED) is 0.353. The molecule has 6 heteroatoms. The second-order valence-corrected chi connectivity index (χ2v) is 9.39. The number of pyridine rings is 1. The fraction of sp³-hybridized carbons (Fsp3) is 0.208. The summed E-state index contributed by atoms with van der Waals surface area (Å²) in [5.41, 5.74) is 5.35. The predicted molar refractivity (Wildman–Crippen MR) is 126 cm³/mol. The first-order chi connectivity index (χ1) is 14.5. The summed E-state index contributed by atoms with van der Waals surface area (Å²) in [7, 11) is 0. The van der Waals surface area contributed by atoms with Crippen molar-refractivity contribution in [2.45, 2.75) is 32.2 Å².